The van der Waals surface area contributed by atoms with E-state index in [-0.39, 0.29) is 37.0 Å². The van der Waals surface area contributed by atoms with Gasteiger partial charge in [0.15, 0.2) is 17.4 Å². The van der Waals surface area contributed by atoms with E-state index in [9.17, 15) is 10.4 Å². The highest BCUT2D eigenvalue weighted by atomic mass is 32.1. The molecule has 7 nitrogen and oxygen atoms in total. The van der Waals surface area contributed by atoms with Crippen molar-refractivity contribution in [1.82, 2.24) is 9.55 Å². The van der Waals surface area contributed by atoms with Gasteiger partial charge in [-0.15, -0.1) is 0 Å². The molecule has 1 aliphatic rings. The van der Waals surface area contributed by atoms with Crippen molar-refractivity contribution in [1.29, 1.82) is 5.26 Å². The van der Waals surface area contributed by atoms with Crippen molar-refractivity contribution in [3.63, 3.8) is 0 Å². The number of hydrogen-bond donors (Lipinski definition) is 1. The number of thiocarbonyl (C=S) groups is 1. The highest BCUT2D eigenvalue weighted by molar-refractivity contribution is 7.80. The molecule has 1 saturated carbocycles. The number of nitrogens with zero attached hydrogens (tertiary/aromatic N) is 3. The summed E-state index contributed by atoms with van der Waals surface area (Å²) in [6, 6.07) is 12.6. The van der Waals surface area contributed by atoms with E-state index < -0.39 is 25.5 Å². The number of aromatic nitrogens is 2. The minimum Gasteiger partial charge on any atom is -0.490 e. The van der Waals surface area contributed by atoms with Crippen LogP contribution in [0.25, 0.3) is 22.2 Å². The monoisotopic (exact) mass is 691 g/mol. The first-order chi connectivity index (χ1) is 22.8. The van der Waals surface area contributed by atoms with Gasteiger partial charge in [0.05, 0.1) is 17.1 Å². The Hall–Kier alpha value is -3.69. The number of rotatable bonds is 16. The maximum atomic E-state index is 15.5. The molecule has 0 spiro atoms. The molecule has 0 saturated heterocycles. The normalized spacial score (nSPS) is 13.9. The van der Waals surface area contributed by atoms with Crippen LogP contribution in [0.15, 0.2) is 48.8 Å². The highest BCUT2D eigenvalue weighted by Gasteiger charge is 2.41. The minimum absolute atomic E-state index is 0.0356. The number of hydrogen-bond acceptors (Lipinski definition) is 7. The SMILES string of the molecule is CC(C)Oc1ccc(-c2cn(COCC[Si](C)(C)C)c3nccc(Oc4c(F)cc(CC(=S)CCC5(CO)CC5)cc4F)c23)cc1C#N. The number of ether oxygens (including phenoxy) is 3. The van der Waals surface area contributed by atoms with Crippen LogP contribution < -0.4 is 9.47 Å². The molecule has 11 heteroatoms. The lowest BCUT2D eigenvalue weighted by Gasteiger charge is -2.15. The van der Waals surface area contributed by atoms with Crippen molar-refractivity contribution < 1.29 is 28.1 Å². The average Bonchev–Trinajstić information content (AvgIpc) is 3.72. The molecule has 1 aliphatic carbocycles. The van der Waals surface area contributed by atoms with Gasteiger partial charge in [-0.25, -0.2) is 13.8 Å². The zero-order chi connectivity index (χ0) is 34.6. The summed E-state index contributed by atoms with van der Waals surface area (Å²) in [6.45, 7) is 11.6. The van der Waals surface area contributed by atoms with Crippen molar-refractivity contribution in [2.45, 2.75) is 84.5 Å². The van der Waals surface area contributed by atoms with E-state index in [0.29, 0.717) is 56.9 Å². The van der Waals surface area contributed by atoms with Gasteiger partial charge < -0.3 is 23.9 Å². The lowest BCUT2D eigenvalue weighted by Crippen LogP contribution is -2.22. The topological polar surface area (TPSA) is 89.5 Å². The summed E-state index contributed by atoms with van der Waals surface area (Å²) in [6.07, 6.45) is 6.89. The third-order valence-electron chi connectivity index (χ3n) is 8.62. The molecule has 0 amide bonds. The summed E-state index contributed by atoms with van der Waals surface area (Å²) in [4.78, 5) is 5.29. The molecule has 5 rings (SSSR count). The summed E-state index contributed by atoms with van der Waals surface area (Å²) in [5.74, 6) is -1.54. The van der Waals surface area contributed by atoms with E-state index in [1.54, 1.807) is 18.2 Å². The van der Waals surface area contributed by atoms with Crippen LogP contribution >= 0.6 is 12.2 Å². The van der Waals surface area contributed by atoms with Gasteiger partial charge in [0, 0.05) is 45.7 Å². The largest absolute Gasteiger partial charge is 0.490 e. The Kier molecular flexibility index (Phi) is 11.0. The molecule has 0 aliphatic heterocycles. The maximum Gasteiger partial charge on any atom is 0.198 e. The Bertz CT molecular complexity index is 1820. The van der Waals surface area contributed by atoms with Crippen LogP contribution in [0.2, 0.25) is 25.7 Å². The number of nitriles is 1. The van der Waals surface area contributed by atoms with E-state index in [0.717, 1.165) is 25.3 Å². The predicted octanol–water partition coefficient (Wildman–Crippen LogP) is 9.21. The molecule has 2 aromatic heterocycles. The third-order valence-corrected chi connectivity index (χ3v) is 10.7. The van der Waals surface area contributed by atoms with Crippen LogP contribution in [0, 0.1) is 28.4 Å². The standard InChI is InChI=1S/C37H43F2N3O4SSi/c1-24(2)45-32-7-6-26(19-27(32)20-40)29-21-42(23-44-14-15-48(3,4)5)36-34(29)33(9-13-41-36)46-35-30(38)17-25(18-31(35)39)16-28(47)8-10-37(22-43)11-12-37/h6-7,9,13,17-19,21,24,43H,8,10-12,14-16,22-23H2,1-5H3. The van der Waals surface area contributed by atoms with Crippen LogP contribution in [0.3, 0.4) is 0 Å². The zero-order valence-corrected chi connectivity index (χ0v) is 30.1. The predicted molar refractivity (Wildman–Crippen MR) is 190 cm³/mol. The van der Waals surface area contributed by atoms with Gasteiger partial charge in [-0.1, -0.05) is 37.9 Å². The number of halogens is 2. The summed E-state index contributed by atoms with van der Waals surface area (Å²) in [5.41, 5.74) is 2.60. The first-order valence-corrected chi connectivity index (χ1v) is 20.5. The molecule has 1 fully saturated rings. The molecule has 2 aromatic carbocycles. The summed E-state index contributed by atoms with van der Waals surface area (Å²) in [5, 5.41) is 20.0. The van der Waals surface area contributed by atoms with Gasteiger partial charge >= 0.3 is 0 Å². The summed E-state index contributed by atoms with van der Waals surface area (Å²) in [7, 11) is -1.31. The van der Waals surface area contributed by atoms with Crippen molar-refractivity contribution in [2.75, 3.05) is 13.2 Å². The van der Waals surface area contributed by atoms with Gasteiger partial charge in [0.25, 0.3) is 0 Å². The quantitative estimate of drug-likeness (QED) is 0.0712. The van der Waals surface area contributed by atoms with E-state index in [4.69, 9.17) is 26.4 Å². The van der Waals surface area contributed by atoms with E-state index in [2.05, 4.69) is 30.7 Å². The fourth-order valence-corrected chi connectivity index (χ4v) is 6.60. The Morgan fingerprint density at radius 1 is 1.12 bits per heavy atom. The average molecular weight is 692 g/mol. The fraction of sp³-hybridized carbons (Fsp3) is 0.432. The Morgan fingerprint density at radius 2 is 1.85 bits per heavy atom. The first-order valence-electron chi connectivity index (χ1n) is 16.4. The second kappa shape index (κ2) is 14.8. The van der Waals surface area contributed by atoms with Gasteiger partial charge in [-0.05, 0) is 97.3 Å². The van der Waals surface area contributed by atoms with Gasteiger partial charge in [-0.2, -0.15) is 5.26 Å². The van der Waals surface area contributed by atoms with Crippen LogP contribution in [0.5, 0.6) is 17.2 Å². The second-order valence-electron chi connectivity index (χ2n) is 14.2. The first kappa shape index (κ1) is 35.6. The molecule has 254 valence electrons. The number of fused-ring (bicyclic) bond motifs is 1. The number of aliphatic hydroxyl groups excluding tert-OH is 1. The fourth-order valence-electron chi connectivity index (χ4n) is 5.58. The van der Waals surface area contributed by atoms with Crippen LogP contribution in [0.4, 0.5) is 8.78 Å². The van der Waals surface area contributed by atoms with Crippen LogP contribution in [0.1, 0.15) is 50.7 Å². The third kappa shape index (κ3) is 8.66. The highest BCUT2D eigenvalue weighted by Crippen LogP contribution is 2.49. The van der Waals surface area contributed by atoms with Crippen molar-refractivity contribution in [2.24, 2.45) is 5.41 Å². The molecular weight excluding hydrogens is 649 g/mol. The molecular formula is C37H43F2N3O4SSi. The van der Waals surface area contributed by atoms with E-state index in [1.165, 1.54) is 18.3 Å². The van der Waals surface area contributed by atoms with Gasteiger partial charge in [0.1, 0.15) is 29.9 Å². The van der Waals surface area contributed by atoms with Crippen molar-refractivity contribution in [3.05, 3.63) is 71.6 Å². The Labute approximate surface area is 287 Å². The molecule has 0 bridgehead atoms. The molecule has 0 unspecified atom stereocenters. The summed E-state index contributed by atoms with van der Waals surface area (Å²) >= 11 is 5.52. The Balaban J connectivity index is 1.47. The van der Waals surface area contributed by atoms with E-state index >= 15 is 8.78 Å². The van der Waals surface area contributed by atoms with Crippen molar-refractivity contribution in [3.8, 4) is 34.4 Å². The molecule has 48 heavy (non-hydrogen) atoms. The molecule has 0 atom stereocenters. The van der Waals surface area contributed by atoms with Crippen molar-refractivity contribution >= 4 is 36.2 Å². The van der Waals surface area contributed by atoms with Crippen LogP contribution in [-0.4, -0.2) is 46.9 Å². The lowest BCUT2D eigenvalue weighted by molar-refractivity contribution is 0.0899. The second-order valence-corrected chi connectivity index (χ2v) is 20.4. The van der Waals surface area contributed by atoms with Gasteiger partial charge in [-0.3, -0.25) is 0 Å². The number of benzene rings is 2. The molecule has 4 aromatic rings. The number of aliphatic hydroxyl groups is 1. The smallest absolute Gasteiger partial charge is 0.198 e. The van der Waals surface area contributed by atoms with Gasteiger partial charge in [0.2, 0.25) is 0 Å². The number of pyridine rings is 1. The molecule has 1 N–H and O–H groups in total. The maximum absolute atomic E-state index is 15.5. The van der Waals surface area contributed by atoms with E-state index in [1.807, 2.05) is 30.7 Å². The Morgan fingerprint density at radius 3 is 2.48 bits per heavy atom. The molecule has 0 radical (unpaired) electrons. The minimum atomic E-state index is -1.31. The zero-order valence-electron chi connectivity index (χ0n) is 28.2. The van der Waals surface area contributed by atoms with Crippen LogP contribution in [-0.2, 0) is 17.9 Å². The lowest BCUT2D eigenvalue weighted by atomic mass is 9.97. The molecule has 2 heterocycles. The summed E-state index contributed by atoms with van der Waals surface area (Å²) < 4.78 is 50.8.